The molecule has 4 nitrogen and oxygen atoms in total. The molecule has 1 aliphatic carbocycles. The van der Waals surface area contributed by atoms with Crippen molar-refractivity contribution in [2.75, 3.05) is 26.2 Å². The summed E-state index contributed by atoms with van der Waals surface area (Å²) in [5, 5.41) is 12.1. The first-order chi connectivity index (χ1) is 7.67. The van der Waals surface area contributed by atoms with Gasteiger partial charge in [0.25, 0.3) is 0 Å². The van der Waals surface area contributed by atoms with Gasteiger partial charge in [-0.1, -0.05) is 20.3 Å². The van der Waals surface area contributed by atoms with E-state index in [1.807, 2.05) is 6.92 Å². The molecule has 1 aliphatic rings. The summed E-state index contributed by atoms with van der Waals surface area (Å²) in [5.41, 5.74) is 0. The number of carbonyl (C=O) groups is 1. The second-order valence-corrected chi connectivity index (χ2v) is 4.60. The van der Waals surface area contributed by atoms with E-state index in [4.69, 9.17) is 5.11 Å². The largest absolute Gasteiger partial charge is 0.480 e. The molecule has 1 atom stereocenters. The SMILES string of the molecule is CCNC(CN(CC)CC1CCC1)C(=O)O. The molecule has 0 aromatic heterocycles. The maximum Gasteiger partial charge on any atom is 0.322 e. The number of rotatable bonds is 8. The van der Waals surface area contributed by atoms with Gasteiger partial charge >= 0.3 is 5.97 Å². The van der Waals surface area contributed by atoms with Crippen LogP contribution in [0, 0.1) is 5.92 Å². The Morgan fingerprint density at radius 2 is 2.19 bits per heavy atom. The Hall–Kier alpha value is -0.610. The Morgan fingerprint density at radius 1 is 1.50 bits per heavy atom. The molecule has 0 saturated heterocycles. The molecular weight excluding hydrogens is 204 g/mol. The molecule has 0 heterocycles. The van der Waals surface area contributed by atoms with Gasteiger partial charge < -0.3 is 15.3 Å². The van der Waals surface area contributed by atoms with Gasteiger partial charge in [0.05, 0.1) is 0 Å². The fourth-order valence-corrected chi connectivity index (χ4v) is 2.11. The zero-order valence-electron chi connectivity index (χ0n) is 10.4. The van der Waals surface area contributed by atoms with Crippen LogP contribution in [-0.4, -0.2) is 48.2 Å². The monoisotopic (exact) mass is 228 g/mol. The number of hydrogen-bond donors (Lipinski definition) is 2. The molecule has 0 aromatic carbocycles. The lowest BCUT2D eigenvalue weighted by Crippen LogP contribution is -2.47. The molecule has 2 N–H and O–H groups in total. The average Bonchev–Trinajstić information content (AvgIpc) is 2.19. The number of aliphatic carboxylic acids is 1. The quantitative estimate of drug-likeness (QED) is 0.655. The highest BCUT2D eigenvalue weighted by molar-refractivity contribution is 5.73. The van der Waals surface area contributed by atoms with Gasteiger partial charge in [-0.2, -0.15) is 0 Å². The molecule has 16 heavy (non-hydrogen) atoms. The zero-order valence-corrected chi connectivity index (χ0v) is 10.4. The van der Waals surface area contributed by atoms with E-state index >= 15 is 0 Å². The van der Waals surface area contributed by atoms with Crippen molar-refractivity contribution in [2.45, 2.75) is 39.2 Å². The van der Waals surface area contributed by atoms with E-state index in [-0.39, 0.29) is 0 Å². The fraction of sp³-hybridized carbons (Fsp3) is 0.917. The van der Waals surface area contributed by atoms with Crippen molar-refractivity contribution in [3.63, 3.8) is 0 Å². The smallest absolute Gasteiger partial charge is 0.322 e. The Balaban J connectivity index is 2.35. The van der Waals surface area contributed by atoms with E-state index in [0.717, 1.165) is 19.0 Å². The average molecular weight is 228 g/mol. The van der Waals surface area contributed by atoms with Crippen LogP contribution in [-0.2, 0) is 4.79 Å². The van der Waals surface area contributed by atoms with Crippen LogP contribution < -0.4 is 5.32 Å². The summed E-state index contributed by atoms with van der Waals surface area (Å²) in [4.78, 5) is 13.3. The molecule has 1 fully saturated rings. The van der Waals surface area contributed by atoms with Crippen LogP contribution in [0.2, 0.25) is 0 Å². The lowest BCUT2D eigenvalue weighted by atomic mass is 9.85. The van der Waals surface area contributed by atoms with Crippen LogP contribution in [0.1, 0.15) is 33.1 Å². The molecular formula is C12H24N2O2. The van der Waals surface area contributed by atoms with E-state index in [1.54, 1.807) is 0 Å². The summed E-state index contributed by atoms with van der Waals surface area (Å²) >= 11 is 0. The van der Waals surface area contributed by atoms with Crippen LogP contribution >= 0.6 is 0 Å². The van der Waals surface area contributed by atoms with Gasteiger partial charge in [0.2, 0.25) is 0 Å². The number of hydrogen-bond acceptors (Lipinski definition) is 3. The summed E-state index contributed by atoms with van der Waals surface area (Å²) in [6.07, 6.45) is 3.97. The van der Waals surface area contributed by atoms with Gasteiger partial charge in [-0.25, -0.2) is 0 Å². The maximum atomic E-state index is 11.0. The third-order valence-corrected chi connectivity index (χ3v) is 3.38. The minimum atomic E-state index is -0.742. The first-order valence-electron chi connectivity index (χ1n) is 6.35. The molecule has 1 rings (SSSR count). The summed E-state index contributed by atoms with van der Waals surface area (Å²) in [6, 6.07) is -0.426. The Bertz CT molecular complexity index is 217. The maximum absolute atomic E-state index is 11.0. The van der Waals surface area contributed by atoms with Crippen LogP contribution in [0.5, 0.6) is 0 Å². The molecule has 0 radical (unpaired) electrons. The van der Waals surface area contributed by atoms with Gasteiger partial charge in [0, 0.05) is 13.1 Å². The van der Waals surface area contributed by atoms with Gasteiger partial charge in [0.1, 0.15) is 6.04 Å². The van der Waals surface area contributed by atoms with E-state index in [2.05, 4.69) is 17.1 Å². The zero-order chi connectivity index (χ0) is 12.0. The number of carboxylic acid groups (broad SMARTS) is 1. The second-order valence-electron chi connectivity index (χ2n) is 4.60. The number of likely N-dealkylation sites (N-methyl/N-ethyl adjacent to an activating group) is 2. The van der Waals surface area contributed by atoms with Crippen molar-refractivity contribution in [3.05, 3.63) is 0 Å². The summed E-state index contributed by atoms with van der Waals surface area (Å²) in [7, 11) is 0. The molecule has 4 heteroatoms. The Labute approximate surface area is 98.0 Å². The summed E-state index contributed by atoms with van der Waals surface area (Å²) < 4.78 is 0. The van der Waals surface area contributed by atoms with Crippen LogP contribution in [0.25, 0.3) is 0 Å². The Morgan fingerprint density at radius 3 is 2.56 bits per heavy atom. The highest BCUT2D eigenvalue weighted by Crippen LogP contribution is 2.26. The first kappa shape index (κ1) is 13.5. The van der Waals surface area contributed by atoms with Crippen molar-refractivity contribution in [2.24, 2.45) is 5.92 Å². The molecule has 0 aromatic rings. The lowest BCUT2D eigenvalue weighted by molar-refractivity contribution is -0.140. The predicted octanol–water partition coefficient (Wildman–Crippen LogP) is 1.17. The lowest BCUT2D eigenvalue weighted by Gasteiger charge is -2.33. The number of carboxylic acids is 1. The van der Waals surface area contributed by atoms with E-state index in [9.17, 15) is 4.79 Å². The van der Waals surface area contributed by atoms with E-state index in [0.29, 0.717) is 13.1 Å². The molecule has 0 aliphatic heterocycles. The van der Waals surface area contributed by atoms with Crippen LogP contribution in [0.4, 0.5) is 0 Å². The van der Waals surface area contributed by atoms with E-state index in [1.165, 1.54) is 19.3 Å². The predicted molar refractivity (Wildman–Crippen MR) is 64.6 cm³/mol. The highest BCUT2D eigenvalue weighted by Gasteiger charge is 2.24. The van der Waals surface area contributed by atoms with Gasteiger partial charge in [0.15, 0.2) is 0 Å². The third kappa shape index (κ3) is 4.10. The molecule has 94 valence electrons. The number of nitrogens with one attached hydrogen (secondary N) is 1. The fourth-order valence-electron chi connectivity index (χ4n) is 2.11. The van der Waals surface area contributed by atoms with Crippen molar-refractivity contribution in [1.29, 1.82) is 0 Å². The second kappa shape index (κ2) is 6.86. The van der Waals surface area contributed by atoms with Crippen molar-refractivity contribution < 1.29 is 9.90 Å². The molecule has 0 spiro atoms. The van der Waals surface area contributed by atoms with Crippen molar-refractivity contribution >= 4 is 5.97 Å². The highest BCUT2D eigenvalue weighted by atomic mass is 16.4. The third-order valence-electron chi connectivity index (χ3n) is 3.38. The molecule has 0 amide bonds. The summed E-state index contributed by atoms with van der Waals surface area (Å²) in [6.45, 7) is 7.37. The standard InChI is InChI=1S/C12H24N2O2/c1-3-13-11(12(15)16)9-14(4-2)8-10-6-5-7-10/h10-11,13H,3-9H2,1-2H3,(H,15,16). The molecule has 0 bridgehead atoms. The minimum Gasteiger partial charge on any atom is -0.480 e. The number of nitrogens with zero attached hydrogens (tertiary/aromatic N) is 1. The van der Waals surface area contributed by atoms with Gasteiger partial charge in [-0.3, -0.25) is 4.79 Å². The Kier molecular flexibility index (Phi) is 5.77. The van der Waals surface area contributed by atoms with Gasteiger partial charge in [-0.15, -0.1) is 0 Å². The molecule has 1 saturated carbocycles. The topological polar surface area (TPSA) is 52.6 Å². The van der Waals surface area contributed by atoms with Crippen molar-refractivity contribution in [1.82, 2.24) is 10.2 Å². The first-order valence-corrected chi connectivity index (χ1v) is 6.35. The van der Waals surface area contributed by atoms with Gasteiger partial charge in [-0.05, 0) is 31.8 Å². The summed E-state index contributed by atoms with van der Waals surface area (Å²) in [5.74, 6) is 0.0601. The minimum absolute atomic E-state index is 0.426. The van der Waals surface area contributed by atoms with Crippen LogP contribution in [0.15, 0.2) is 0 Å². The normalized spacial score (nSPS) is 18.4. The van der Waals surface area contributed by atoms with E-state index < -0.39 is 12.0 Å². The molecule has 1 unspecified atom stereocenters. The van der Waals surface area contributed by atoms with Crippen molar-refractivity contribution in [3.8, 4) is 0 Å². The van der Waals surface area contributed by atoms with Crippen LogP contribution in [0.3, 0.4) is 0 Å².